The van der Waals surface area contributed by atoms with Crippen LogP contribution in [0.3, 0.4) is 0 Å². The van der Waals surface area contributed by atoms with Gasteiger partial charge in [0, 0.05) is 5.69 Å². The molecule has 1 N–H and O–H groups in total. The van der Waals surface area contributed by atoms with Gasteiger partial charge in [-0.05, 0) is 25.3 Å². The number of thioether (sulfide) groups is 1. The fourth-order valence-corrected chi connectivity index (χ4v) is 1.06. The van der Waals surface area contributed by atoms with Crippen LogP contribution in [0.25, 0.3) is 0 Å². The van der Waals surface area contributed by atoms with Gasteiger partial charge < -0.3 is 4.98 Å². The Hall–Kier alpha value is -0.370. The van der Waals surface area contributed by atoms with Gasteiger partial charge >= 0.3 is 0 Å². The number of aromatic amines is 1. The van der Waals surface area contributed by atoms with Crippen LogP contribution in [0.1, 0.15) is 5.69 Å². The average Bonchev–Trinajstić information content (AvgIpc) is 2.14. The predicted octanol–water partition coefficient (Wildman–Crippen LogP) is 2.05. The van der Waals surface area contributed by atoms with E-state index in [1.807, 2.05) is 0 Å². The lowest BCUT2D eigenvalue weighted by Crippen LogP contribution is -1.67. The van der Waals surface area contributed by atoms with Gasteiger partial charge in [0.05, 0.1) is 5.03 Å². The molecule has 0 unspecified atom stereocenters. The first-order valence-electron chi connectivity index (χ1n) is 2.52. The van der Waals surface area contributed by atoms with Gasteiger partial charge in [0.15, 0.2) is 0 Å². The summed E-state index contributed by atoms with van der Waals surface area (Å²) in [6.45, 7) is 2.06. The van der Waals surface area contributed by atoms with Crippen LogP contribution >= 0.6 is 11.8 Å². The lowest BCUT2D eigenvalue weighted by molar-refractivity contribution is 1.14. The van der Waals surface area contributed by atoms with Crippen molar-refractivity contribution in [1.82, 2.24) is 4.98 Å². The Bertz CT molecular complexity index is 169. The second kappa shape index (κ2) is 2.27. The van der Waals surface area contributed by atoms with Crippen molar-refractivity contribution in [2.45, 2.75) is 11.9 Å². The fourth-order valence-electron chi connectivity index (χ4n) is 0.597. The minimum Gasteiger partial charge on any atom is -0.354 e. The summed E-state index contributed by atoms with van der Waals surface area (Å²) in [5.41, 5.74) is 1.23. The molecule has 0 fully saturated rings. The van der Waals surface area contributed by atoms with E-state index in [0.717, 1.165) is 0 Å². The monoisotopic (exact) mass is 127 g/mol. The zero-order valence-corrected chi connectivity index (χ0v) is 5.88. The van der Waals surface area contributed by atoms with E-state index >= 15 is 0 Å². The highest BCUT2D eigenvalue weighted by Gasteiger charge is 1.88. The molecule has 0 spiro atoms. The maximum Gasteiger partial charge on any atom is 0.0720 e. The highest BCUT2D eigenvalue weighted by molar-refractivity contribution is 7.98. The number of hydrogen-bond acceptors (Lipinski definition) is 1. The number of rotatable bonds is 1. The van der Waals surface area contributed by atoms with Crippen LogP contribution < -0.4 is 0 Å². The van der Waals surface area contributed by atoms with Crippen molar-refractivity contribution in [3.8, 4) is 0 Å². The molecule has 0 saturated heterocycles. The topological polar surface area (TPSA) is 15.8 Å². The van der Waals surface area contributed by atoms with Crippen LogP contribution in [0.5, 0.6) is 0 Å². The molecule has 44 valence electrons. The highest BCUT2D eigenvalue weighted by atomic mass is 32.2. The third-order valence-corrected chi connectivity index (χ3v) is 1.70. The maximum absolute atomic E-state index is 3.19. The molecule has 1 heterocycles. The van der Waals surface area contributed by atoms with Crippen LogP contribution in [0, 0.1) is 6.92 Å². The Balaban J connectivity index is 2.84. The molecule has 2 heteroatoms. The van der Waals surface area contributed by atoms with Crippen LogP contribution in [-0.2, 0) is 0 Å². The minimum atomic E-state index is 1.23. The third-order valence-electron chi connectivity index (χ3n) is 1.02. The van der Waals surface area contributed by atoms with E-state index in [1.165, 1.54) is 10.7 Å². The standard InChI is InChI=1S/C6H9NS/c1-5-3-4-6(7-5)8-2/h3-4,7H,1-2H3. The van der Waals surface area contributed by atoms with Gasteiger partial charge in [0.25, 0.3) is 0 Å². The molecule has 8 heavy (non-hydrogen) atoms. The second-order valence-electron chi connectivity index (χ2n) is 1.71. The Morgan fingerprint density at radius 2 is 2.25 bits per heavy atom. The first-order valence-corrected chi connectivity index (χ1v) is 3.75. The van der Waals surface area contributed by atoms with E-state index in [1.54, 1.807) is 11.8 Å². The Morgan fingerprint density at radius 3 is 2.50 bits per heavy atom. The number of aromatic nitrogens is 1. The number of hydrogen-bond donors (Lipinski definition) is 1. The maximum atomic E-state index is 3.19. The lowest BCUT2D eigenvalue weighted by atomic mass is 10.5. The number of aryl methyl sites for hydroxylation is 1. The zero-order chi connectivity index (χ0) is 5.98. The summed E-state index contributed by atoms with van der Waals surface area (Å²) >= 11 is 1.73. The van der Waals surface area contributed by atoms with Crippen molar-refractivity contribution in [3.05, 3.63) is 17.8 Å². The van der Waals surface area contributed by atoms with Crippen molar-refractivity contribution in [2.75, 3.05) is 6.26 Å². The molecule has 1 nitrogen and oxygen atoms in total. The van der Waals surface area contributed by atoms with E-state index < -0.39 is 0 Å². The molecule has 0 radical (unpaired) electrons. The van der Waals surface area contributed by atoms with Crippen molar-refractivity contribution in [3.63, 3.8) is 0 Å². The highest BCUT2D eigenvalue weighted by Crippen LogP contribution is 2.11. The summed E-state index contributed by atoms with van der Waals surface area (Å²) in [5, 5.41) is 1.24. The van der Waals surface area contributed by atoms with Crippen molar-refractivity contribution in [1.29, 1.82) is 0 Å². The van der Waals surface area contributed by atoms with E-state index in [4.69, 9.17) is 0 Å². The minimum absolute atomic E-state index is 1.23. The first-order chi connectivity index (χ1) is 3.83. The van der Waals surface area contributed by atoms with E-state index in [2.05, 4.69) is 30.3 Å². The van der Waals surface area contributed by atoms with Crippen LogP contribution in [0.15, 0.2) is 17.2 Å². The third kappa shape index (κ3) is 1.07. The van der Waals surface area contributed by atoms with E-state index in [-0.39, 0.29) is 0 Å². The molecule has 0 aliphatic rings. The van der Waals surface area contributed by atoms with Crippen LogP contribution in [-0.4, -0.2) is 11.2 Å². The van der Waals surface area contributed by atoms with Gasteiger partial charge in [-0.15, -0.1) is 11.8 Å². The molecule has 0 saturated carbocycles. The molecule has 0 bridgehead atoms. The molecule has 1 aromatic heterocycles. The SMILES string of the molecule is CSc1ccc(C)[nH]1. The lowest BCUT2D eigenvalue weighted by Gasteiger charge is -1.84. The van der Waals surface area contributed by atoms with Gasteiger partial charge in [0.2, 0.25) is 0 Å². The van der Waals surface area contributed by atoms with Gasteiger partial charge in [-0.3, -0.25) is 0 Å². The smallest absolute Gasteiger partial charge is 0.0720 e. The first kappa shape index (κ1) is 5.76. The summed E-state index contributed by atoms with van der Waals surface area (Å²) in [4.78, 5) is 3.19. The molecule has 1 rings (SSSR count). The van der Waals surface area contributed by atoms with E-state index in [9.17, 15) is 0 Å². The summed E-state index contributed by atoms with van der Waals surface area (Å²) in [6, 6.07) is 4.16. The van der Waals surface area contributed by atoms with Crippen molar-refractivity contribution >= 4 is 11.8 Å². The predicted molar refractivity (Wildman–Crippen MR) is 37.3 cm³/mol. The van der Waals surface area contributed by atoms with Crippen LogP contribution in [0.2, 0.25) is 0 Å². The van der Waals surface area contributed by atoms with Gasteiger partial charge in [-0.1, -0.05) is 0 Å². The second-order valence-corrected chi connectivity index (χ2v) is 2.56. The van der Waals surface area contributed by atoms with Crippen molar-refractivity contribution in [2.24, 2.45) is 0 Å². The van der Waals surface area contributed by atoms with Gasteiger partial charge in [0.1, 0.15) is 0 Å². The van der Waals surface area contributed by atoms with Crippen molar-refractivity contribution < 1.29 is 0 Å². The average molecular weight is 127 g/mol. The molecule has 0 aliphatic carbocycles. The van der Waals surface area contributed by atoms with Crippen LogP contribution in [0.4, 0.5) is 0 Å². The normalized spacial score (nSPS) is 9.75. The molecule has 0 amide bonds. The van der Waals surface area contributed by atoms with E-state index in [0.29, 0.717) is 0 Å². The molecule has 1 aromatic rings. The van der Waals surface area contributed by atoms with Gasteiger partial charge in [-0.25, -0.2) is 0 Å². The quantitative estimate of drug-likeness (QED) is 0.571. The molecular weight excluding hydrogens is 118 g/mol. The summed E-state index contributed by atoms with van der Waals surface area (Å²) < 4.78 is 0. The fraction of sp³-hybridized carbons (Fsp3) is 0.333. The number of nitrogens with one attached hydrogen (secondary N) is 1. The Kier molecular flexibility index (Phi) is 1.63. The largest absolute Gasteiger partial charge is 0.354 e. The van der Waals surface area contributed by atoms with Gasteiger partial charge in [-0.2, -0.15) is 0 Å². The molecular formula is C6H9NS. The molecule has 0 atom stereocenters. The summed E-state index contributed by atoms with van der Waals surface area (Å²) in [7, 11) is 0. The summed E-state index contributed by atoms with van der Waals surface area (Å²) in [6.07, 6.45) is 2.06. The molecule has 0 aliphatic heterocycles. The molecule has 0 aromatic carbocycles. The summed E-state index contributed by atoms with van der Waals surface area (Å²) in [5.74, 6) is 0. The Labute approximate surface area is 53.5 Å². The number of H-pyrrole nitrogens is 1. The Morgan fingerprint density at radius 1 is 1.50 bits per heavy atom. The zero-order valence-electron chi connectivity index (χ0n) is 5.06.